The van der Waals surface area contributed by atoms with Crippen LogP contribution in [-0.2, 0) is 4.74 Å². The second-order valence-corrected chi connectivity index (χ2v) is 6.07. The lowest BCUT2D eigenvalue weighted by molar-refractivity contribution is -0.0781. The van der Waals surface area contributed by atoms with E-state index in [1.807, 2.05) is 12.1 Å². The molecule has 1 aliphatic carbocycles. The summed E-state index contributed by atoms with van der Waals surface area (Å²) in [5.74, 6) is 0.263. The lowest BCUT2D eigenvalue weighted by Gasteiger charge is -2.28. The van der Waals surface area contributed by atoms with E-state index in [9.17, 15) is 5.11 Å². The first-order chi connectivity index (χ1) is 8.20. The van der Waals surface area contributed by atoms with E-state index in [2.05, 4.69) is 28.1 Å². The summed E-state index contributed by atoms with van der Waals surface area (Å²) in [5, 5.41) is 10.6. The molecule has 2 aliphatic rings. The Morgan fingerprint density at radius 1 is 1.24 bits per heavy atom. The molecule has 0 aromatic heterocycles. The van der Waals surface area contributed by atoms with E-state index in [-0.39, 0.29) is 12.0 Å². The Balaban J connectivity index is 1.73. The largest absolute Gasteiger partial charge is 0.387 e. The van der Waals surface area contributed by atoms with Crippen LogP contribution in [0.25, 0.3) is 0 Å². The molecule has 3 rings (SSSR count). The summed E-state index contributed by atoms with van der Waals surface area (Å²) in [6, 6.07) is 8.26. The standard InChI is InChI=1S/C14H17BrO2/c15-11-6-4-10(5-7-11)12-9-14(12,16)13-3-1-2-8-17-13/h4-7,12-13,16H,1-3,8-9H2. The van der Waals surface area contributed by atoms with Crippen molar-refractivity contribution in [3.05, 3.63) is 34.3 Å². The minimum atomic E-state index is -0.603. The molecule has 1 saturated carbocycles. The topological polar surface area (TPSA) is 29.5 Å². The van der Waals surface area contributed by atoms with Crippen LogP contribution in [0.15, 0.2) is 28.7 Å². The number of halogens is 1. The van der Waals surface area contributed by atoms with Crippen molar-refractivity contribution in [3.8, 4) is 0 Å². The zero-order valence-electron chi connectivity index (χ0n) is 9.73. The molecule has 1 saturated heterocycles. The average Bonchev–Trinajstić information content (AvgIpc) is 3.05. The maximum Gasteiger partial charge on any atom is 0.0984 e. The van der Waals surface area contributed by atoms with Crippen LogP contribution in [-0.4, -0.2) is 23.4 Å². The maximum absolute atomic E-state index is 10.6. The molecule has 1 aliphatic heterocycles. The summed E-state index contributed by atoms with van der Waals surface area (Å²) in [6.07, 6.45) is 4.21. The zero-order valence-corrected chi connectivity index (χ0v) is 11.3. The molecule has 0 amide bonds. The summed E-state index contributed by atoms with van der Waals surface area (Å²) < 4.78 is 6.80. The lowest BCUT2D eigenvalue weighted by atomic mass is 9.98. The van der Waals surface area contributed by atoms with E-state index in [0.29, 0.717) is 0 Å². The molecule has 0 spiro atoms. The average molecular weight is 297 g/mol. The lowest BCUT2D eigenvalue weighted by Crippen LogP contribution is -2.35. The first kappa shape index (κ1) is 11.7. The third-order valence-electron chi connectivity index (χ3n) is 3.98. The van der Waals surface area contributed by atoms with Crippen molar-refractivity contribution in [3.63, 3.8) is 0 Å². The Kier molecular flexibility index (Phi) is 3.01. The van der Waals surface area contributed by atoms with Gasteiger partial charge in [0, 0.05) is 17.0 Å². The van der Waals surface area contributed by atoms with Gasteiger partial charge in [0.15, 0.2) is 0 Å². The number of hydrogen-bond acceptors (Lipinski definition) is 2. The zero-order chi connectivity index (χ0) is 11.9. The van der Waals surface area contributed by atoms with Crippen molar-refractivity contribution in [1.29, 1.82) is 0 Å². The Morgan fingerprint density at radius 2 is 2.00 bits per heavy atom. The van der Waals surface area contributed by atoms with Gasteiger partial charge >= 0.3 is 0 Å². The molecule has 1 N–H and O–H groups in total. The normalized spacial score (nSPS) is 36.8. The molecule has 0 radical (unpaired) electrons. The van der Waals surface area contributed by atoms with Crippen molar-refractivity contribution in [1.82, 2.24) is 0 Å². The Labute approximate surface area is 110 Å². The first-order valence-corrected chi connectivity index (χ1v) is 7.09. The van der Waals surface area contributed by atoms with E-state index in [1.54, 1.807) is 0 Å². The second-order valence-electron chi connectivity index (χ2n) is 5.15. The highest BCUT2D eigenvalue weighted by Gasteiger charge is 2.59. The molecule has 3 heteroatoms. The SMILES string of the molecule is OC1(C2CCCCO2)CC1c1ccc(Br)cc1. The predicted molar refractivity (Wildman–Crippen MR) is 70.0 cm³/mol. The van der Waals surface area contributed by atoms with Crippen LogP contribution in [0.4, 0.5) is 0 Å². The van der Waals surface area contributed by atoms with Crippen molar-refractivity contribution < 1.29 is 9.84 Å². The van der Waals surface area contributed by atoms with Crippen LogP contribution < -0.4 is 0 Å². The highest BCUT2D eigenvalue weighted by atomic mass is 79.9. The molecular formula is C14H17BrO2. The summed E-state index contributed by atoms with van der Waals surface area (Å²) in [7, 11) is 0. The molecule has 2 nitrogen and oxygen atoms in total. The van der Waals surface area contributed by atoms with Gasteiger partial charge in [-0.3, -0.25) is 0 Å². The summed E-state index contributed by atoms with van der Waals surface area (Å²) in [4.78, 5) is 0. The van der Waals surface area contributed by atoms with E-state index in [4.69, 9.17) is 4.74 Å². The summed E-state index contributed by atoms with van der Waals surface area (Å²) in [5.41, 5.74) is 0.624. The smallest absolute Gasteiger partial charge is 0.0984 e. The molecule has 3 unspecified atom stereocenters. The van der Waals surface area contributed by atoms with E-state index >= 15 is 0 Å². The Bertz CT molecular complexity index is 397. The van der Waals surface area contributed by atoms with Gasteiger partial charge in [0.05, 0.1) is 11.7 Å². The Morgan fingerprint density at radius 3 is 2.65 bits per heavy atom. The fourth-order valence-corrected chi connectivity index (χ4v) is 3.12. The number of hydrogen-bond donors (Lipinski definition) is 1. The van der Waals surface area contributed by atoms with Gasteiger partial charge in [-0.15, -0.1) is 0 Å². The van der Waals surface area contributed by atoms with Crippen LogP contribution >= 0.6 is 15.9 Å². The summed E-state index contributed by atoms with van der Waals surface area (Å²) >= 11 is 3.43. The molecule has 3 atom stereocenters. The van der Waals surface area contributed by atoms with Gasteiger partial charge in [-0.25, -0.2) is 0 Å². The number of ether oxygens (including phenoxy) is 1. The number of rotatable bonds is 2. The van der Waals surface area contributed by atoms with E-state index in [0.717, 1.165) is 30.3 Å². The molecule has 0 bridgehead atoms. The molecule has 17 heavy (non-hydrogen) atoms. The molecular weight excluding hydrogens is 280 g/mol. The van der Waals surface area contributed by atoms with Crippen molar-refractivity contribution >= 4 is 15.9 Å². The fraction of sp³-hybridized carbons (Fsp3) is 0.571. The number of benzene rings is 1. The van der Waals surface area contributed by atoms with E-state index < -0.39 is 5.60 Å². The highest BCUT2D eigenvalue weighted by molar-refractivity contribution is 9.10. The van der Waals surface area contributed by atoms with Crippen molar-refractivity contribution in [2.75, 3.05) is 6.61 Å². The van der Waals surface area contributed by atoms with Gasteiger partial charge in [-0.1, -0.05) is 28.1 Å². The van der Waals surface area contributed by atoms with Gasteiger partial charge in [0.25, 0.3) is 0 Å². The minimum Gasteiger partial charge on any atom is -0.387 e. The van der Waals surface area contributed by atoms with Crippen LogP contribution in [0.1, 0.15) is 37.2 Å². The third-order valence-corrected chi connectivity index (χ3v) is 4.51. The third kappa shape index (κ3) is 2.16. The van der Waals surface area contributed by atoms with Gasteiger partial charge in [0.2, 0.25) is 0 Å². The highest BCUT2D eigenvalue weighted by Crippen LogP contribution is 2.55. The van der Waals surface area contributed by atoms with Crippen LogP contribution in [0.2, 0.25) is 0 Å². The molecule has 1 aromatic rings. The van der Waals surface area contributed by atoms with Gasteiger partial charge in [-0.2, -0.15) is 0 Å². The fourth-order valence-electron chi connectivity index (χ4n) is 2.86. The monoisotopic (exact) mass is 296 g/mol. The van der Waals surface area contributed by atoms with Crippen molar-refractivity contribution in [2.24, 2.45) is 0 Å². The summed E-state index contributed by atoms with van der Waals surface area (Å²) in [6.45, 7) is 0.806. The first-order valence-electron chi connectivity index (χ1n) is 6.29. The Hall–Kier alpha value is -0.380. The maximum atomic E-state index is 10.6. The number of aliphatic hydroxyl groups is 1. The van der Waals surface area contributed by atoms with Crippen LogP contribution in [0, 0.1) is 0 Å². The van der Waals surface area contributed by atoms with Gasteiger partial charge in [-0.05, 0) is 43.4 Å². The van der Waals surface area contributed by atoms with Gasteiger partial charge < -0.3 is 9.84 Å². The molecule has 2 fully saturated rings. The van der Waals surface area contributed by atoms with Crippen molar-refractivity contribution in [2.45, 2.75) is 43.3 Å². The van der Waals surface area contributed by atoms with Crippen LogP contribution in [0.3, 0.4) is 0 Å². The molecule has 92 valence electrons. The van der Waals surface area contributed by atoms with E-state index in [1.165, 1.54) is 12.0 Å². The molecule has 1 aromatic carbocycles. The minimum absolute atomic E-state index is 0.0462. The quantitative estimate of drug-likeness (QED) is 0.908. The van der Waals surface area contributed by atoms with Gasteiger partial charge in [0.1, 0.15) is 0 Å². The second kappa shape index (κ2) is 4.38. The van der Waals surface area contributed by atoms with Crippen LogP contribution in [0.5, 0.6) is 0 Å². The molecule has 1 heterocycles. The predicted octanol–water partition coefficient (Wildman–Crippen LogP) is 3.24.